The zero-order chi connectivity index (χ0) is 14.1. The number of imidazole rings is 1. The number of carboxylic acid groups (broad SMARTS) is 1. The molecule has 0 saturated heterocycles. The Bertz CT molecular complexity index is 743. The minimum atomic E-state index is -1.04. The highest BCUT2D eigenvalue weighted by atomic mass is 32.2. The fourth-order valence-electron chi connectivity index (χ4n) is 1.97. The second-order valence-corrected chi connectivity index (χ2v) is 5.34. The molecule has 0 amide bonds. The molecule has 3 rings (SSSR count). The Morgan fingerprint density at radius 3 is 2.95 bits per heavy atom. The molecule has 0 aliphatic rings. The zero-order valence-electron chi connectivity index (χ0n) is 10.7. The van der Waals surface area contributed by atoms with Gasteiger partial charge in [-0.2, -0.15) is 0 Å². The molecule has 0 aliphatic heterocycles. The summed E-state index contributed by atoms with van der Waals surface area (Å²) in [5.41, 5.74) is 2.53. The van der Waals surface area contributed by atoms with Crippen LogP contribution in [0.1, 0.15) is 21.9 Å². The number of H-pyrrole nitrogens is 1. The standard InChI is InChI=1S/C14H12N2O3S/c1-8-6-9(19-12(8)13(17)18)7-20-14-15-10-4-2-3-5-11(10)16-14/h2-6H,7H2,1H3,(H,15,16)(H,17,18). The van der Waals surface area contributed by atoms with Gasteiger partial charge in [0.25, 0.3) is 0 Å². The van der Waals surface area contributed by atoms with Crippen LogP contribution in [-0.2, 0) is 5.75 Å². The lowest BCUT2D eigenvalue weighted by atomic mass is 10.3. The van der Waals surface area contributed by atoms with Gasteiger partial charge in [-0.3, -0.25) is 0 Å². The minimum absolute atomic E-state index is 0.00482. The number of nitrogens with one attached hydrogen (secondary N) is 1. The van der Waals surface area contributed by atoms with Gasteiger partial charge in [-0.05, 0) is 25.1 Å². The van der Waals surface area contributed by atoms with Crippen LogP contribution < -0.4 is 0 Å². The van der Waals surface area contributed by atoms with Crippen LogP contribution in [0.5, 0.6) is 0 Å². The van der Waals surface area contributed by atoms with Gasteiger partial charge in [-0.1, -0.05) is 23.9 Å². The van der Waals surface area contributed by atoms with Crippen molar-refractivity contribution in [2.75, 3.05) is 0 Å². The Labute approximate surface area is 119 Å². The second kappa shape index (κ2) is 5.05. The number of thioether (sulfide) groups is 1. The number of para-hydroxylation sites is 2. The molecule has 102 valence electrons. The summed E-state index contributed by atoms with van der Waals surface area (Å²) in [6, 6.07) is 9.54. The summed E-state index contributed by atoms with van der Waals surface area (Å²) >= 11 is 1.48. The van der Waals surface area contributed by atoms with Crippen LogP contribution in [0.25, 0.3) is 11.0 Å². The Balaban J connectivity index is 1.76. The number of furan rings is 1. The number of nitrogens with zero attached hydrogens (tertiary/aromatic N) is 1. The van der Waals surface area contributed by atoms with Crippen molar-refractivity contribution in [1.29, 1.82) is 0 Å². The van der Waals surface area contributed by atoms with Gasteiger partial charge in [0, 0.05) is 5.56 Å². The summed E-state index contributed by atoms with van der Waals surface area (Å²) in [6.07, 6.45) is 0. The van der Waals surface area contributed by atoms with Gasteiger partial charge in [-0.25, -0.2) is 9.78 Å². The molecule has 3 aromatic rings. The van der Waals surface area contributed by atoms with Crippen LogP contribution in [0.3, 0.4) is 0 Å². The van der Waals surface area contributed by atoms with Crippen molar-refractivity contribution in [1.82, 2.24) is 9.97 Å². The first-order valence-corrected chi connectivity index (χ1v) is 7.02. The summed E-state index contributed by atoms with van der Waals surface area (Å²) in [7, 11) is 0. The van der Waals surface area contributed by atoms with Crippen LogP contribution in [-0.4, -0.2) is 21.0 Å². The van der Waals surface area contributed by atoms with E-state index in [0.717, 1.165) is 16.2 Å². The maximum atomic E-state index is 10.9. The first-order valence-electron chi connectivity index (χ1n) is 6.03. The first kappa shape index (κ1) is 12.8. The van der Waals surface area contributed by atoms with Gasteiger partial charge in [0.1, 0.15) is 5.76 Å². The monoisotopic (exact) mass is 288 g/mol. The van der Waals surface area contributed by atoms with Gasteiger partial charge in [0.15, 0.2) is 5.16 Å². The van der Waals surface area contributed by atoms with Gasteiger partial charge in [0.05, 0.1) is 16.8 Å². The number of benzene rings is 1. The largest absolute Gasteiger partial charge is 0.475 e. The third-order valence-corrected chi connectivity index (χ3v) is 3.78. The predicted molar refractivity (Wildman–Crippen MR) is 76.1 cm³/mol. The average molecular weight is 288 g/mol. The summed E-state index contributed by atoms with van der Waals surface area (Å²) in [5, 5.41) is 9.73. The number of fused-ring (bicyclic) bond motifs is 1. The van der Waals surface area contributed by atoms with Gasteiger partial charge < -0.3 is 14.5 Å². The Morgan fingerprint density at radius 1 is 1.45 bits per heavy atom. The number of hydrogen-bond donors (Lipinski definition) is 2. The molecule has 6 heteroatoms. The molecule has 0 aliphatic carbocycles. The Morgan fingerprint density at radius 2 is 2.25 bits per heavy atom. The third-order valence-electron chi connectivity index (χ3n) is 2.88. The van der Waals surface area contributed by atoms with Crippen molar-refractivity contribution < 1.29 is 14.3 Å². The van der Waals surface area contributed by atoms with E-state index in [4.69, 9.17) is 9.52 Å². The van der Waals surface area contributed by atoms with Gasteiger partial charge in [-0.15, -0.1) is 0 Å². The van der Waals surface area contributed by atoms with E-state index in [9.17, 15) is 4.79 Å². The quantitative estimate of drug-likeness (QED) is 0.719. The average Bonchev–Trinajstić information content (AvgIpc) is 2.99. The number of aryl methyl sites for hydroxylation is 1. The van der Waals surface area contributed by atoms with Crippen LogP contribution in [0, 0.1) is 6.92 Å². The highest BCUT2D eigenvalue weighted by molar-refractivity contribution is 7.98. The lowest BCUT2D eigenvalue weighted by molar-refractivity contribution is 0.0659. The number of rotatable bonds is 4. The summed E-state index contributed by atoms with van der Waals surface area (Å²) in [5.74, 6) is 0.131. The van der Waals surface area contributed by atoms with E-state index in [-0.39, 0.29) is 5.76 Å². The van der Waals surface area contributed by atoms with Crippen molar-refractivity contribution in [3.8, 4) is 0 Å². The van der Waals surface area contributed by atoms with Crippen molar-refractivity contribution in [2.24, 2.45) is 0 Å². The van der Waals surface area contributed by atoms with E-state index < -0.39 is 5.97 Å². The van der Waals surface area contributed by atoms with Crippen LogP contribution in [0.15, 0.2) is 39.9 Å². The zero-order valence-corrected chi connectivity index (χ0v) is 11.5. The molecule has 0 fully saturated rings. The molecule has 2 N–H and O–H groups in total. The molecule has 0 unspecified atom stereocenters. The lowest BCUT2D eigenvalue weighted by Gasteiger charge is -1.93. The SMILES string of the molecule is Cc1cc(CSc2nc3ccccc3[nH]2)oc1C(=O)O. The molecule has 2 aromatic heterocycles. The molecule has 5 nitrogen and oxygen atoms in total. The molecule has 0 radical (unpaired) electrons. The Kier molecular flexibility index (Phi) is 3.23. The van der Waals surface area contributed by atoms with Crippen molar-refractivity contribution >= 4 is 28.8 Å². The summed E-state index contributed by atoms with van der Waals surface area (Å²) < 4.78 is 5.31. The summed E-state index contributed by atoms with van der Waals surface area (Å²) in [6.45, 7) is 1.72. The molecular weight excluding hydrogens is 276 g/mol. The molecule has 2 heterocycles. The third kappa shape index (κ3) is 2.42. The molecule has 0 bridgehead atoms. The maximum Gasteiger partial charge on any atom is 0.372 e. The molecule has 20 heavy (non-hydrogen) atoms. The van der Waals surface area contributed by atoms with Crippen molar-refractivity contribution in [3.05, 3.63) is 47.4 Å². The van der Waals surface area contributed by atoms with Gasteiger partial charge in [0.2, 0.25) is 5.76 Å². The van der Waals surface area contributed by atoms with E-state index in [1.807, 2.05) is 24.3 Å². The predicted octanol–water partition coefficient (Wildman–Crippen LogP) is 3.45. The highest BCUT2D eigenvalue weighted by Gasteiger charge is 2.14. The van der Waals surface area contributed by atoms with Gasteiger partial charge >= 0.3 is 5.97 Å². The van der Waals surface area contributed by atoms with Crippen LogP contribution in [0.4, 0.5) is 0 Å². The fourth-order valence-corrected chi connectivity index (χ4v) is 2.74. The Hall–Kier alpha value is -2.21. The number of carbonyl (C=O) groups is 1. The molecule has 0 atom stereocenters. The number of aromatic nitrogens is 2. The molecule has 0 saturated carbocycles. The van der Waals surface area contributed by atoms with E-state index in [1.165, 1.54) is 11.8 Å². The topological polar surface area (TPSA) is 79.1 Å². The van der Waals surface area contributed by atoms with E-state index in [2.05, 4.69) is 9.97 Å². The number of aromatic carboxylic acids is 1. The normalized spacial score (nSPS) is 11.1. The second-order valence-electron chi connectivity index (χ2n) is 4.38. The maximum absolute atomic E-state index is 10.9. The van der Waals surface area contributed by atoms with Crippen LogP contribution >= 0.6 is 11.8 Å². The first-order chi connectivity index (χ1) is 9.63. The number of carboxylic acids is 1. The van der Waals surface area contributed by atoms with E-state index in [1.54, 1.807) is 13.0 Å². The summed E-state index contributed by atoms with van der Waals surface area (Å²) in [4.78, 5) is 18.6. The van der Waals surface area contributed by atoms with E-state index in [0.29, 0.717) is 17.1 Å². The minimum Gasteiger partial charge on any atom is -0.475 e. The van der Waals surface area contributed by atoms with Crippen LogP contribution in [0.2, 0.25) is 0 Å². The molecule has 1 aromatic carbocycles. The number of aromatic amines is 1. The van der Waals surface area contributed by atoms with Crippen molar-refractivity contribution in [2.45, 2.75) is 17.8 Å². The molecular formula is C14H12N2O3S. The smallest absolute Gasteiger partial charge is 0.372 e. The van der Waals surface area contributed by atoms with E-state index >= 15 is 0 Å². The van der Waals surface area contributed by atoms with Crippen molar-refractivity contribution in [3.63, 3.8) is 0 Å². The molecule has 0 spiro atoms. The number of hydrogen-bond acceptors (Lipinski definition) is 4. The highest BCUT2D eigenvalue weighted by Crippen LogP contribution is 2.25. The lowest BCUT2D eigenvalue weighted by Crippen LogP contribution is -1.94. The fraction of sp³-hybridized carbons (Fsp3) is 0.143.